The molecule has 7 rings (SSSR count). The summed E-state index contributed by atoms with van der Waals surface area (Å²) in [5, 5.41) is 5.02. The summed E-state index contributed by atoms with van der Waals surface area (Å²) >= 11 is 3.71. The van der Waals surface area contributed by atoms with Crippen molar-refractivity contribution < 1.29 is 0 Å². The number of fused-ring (bicyclic) bond motifs is 6. The number of benzene rings is 5. The Morgan fingerprint density at radius 2 is 1.24 bits per heavy atom. The highest BCUT2D eigenvalue weighted by Gasteiger charge is 2.15. The Labute approximate surface area is 199 Å². The zero-order valence-electron chi connectivity index (χ0n) is 17.7. The van der Waals surface area contributed by atoms with E-state index in [1.165, 1.54) is 54.9 Å². The van der Waals surface area contributed by atoms with Crippen molar-refractivity contribution >= 4 is 59.5 Å². The predicted octanol–water partition coefficient (Wildman–Crippen LogP) is 8.85. The van der Waals surface area contributed by atoms with Gasteiger partial charge in [-0.25, -0.2) is 0 Å². The van der Waals surface area contributed by atoms with E-state index in [0.717, 1.165) is 9.99 Å². The molecule has 3 heteroatoms. The van der Waals surface area contributed by atoms with Crippen molar-refractivity contribution in [1.82, 2.24) is 9.55 Å². The predicted molar refractivity (Wildman–Crippen MR) is 143 cm³/mol. The van der Waals surface area contributed by atoms with E-state index in [-0.39, 0.29) is 0 Å². The maximum atomic E-state index is 3.71. The second kappa shape index (κ2) is 7.09. The summed E-state index contributed by atoms with van der Waals surface area (Å²) in [5.74, 6) is 0. The van der Waals surface area contributed by atoms with E-state index in [1.807, 2.05) is 0 Å². The first kappa shape index (κ1) is 18.7. The number of nitrogens with one attached hydrogen (secondary N) is 1. The van der Waals surface area contributed by atoms with Crippen molar-refractivity contribution in [2.24, 2.45) is 0 Å². The van der Waals surface area contributed by atoms with Crippen LogP contribution in [0, 0.1) is 0 Å². The Morgan fingerprint density at radius 3 is 2.12 bits per heavy atom. The van der Waals surface area contributed by atoms with Gasteiger partial charge in [0.15, 0.2) is 0 Å². The molecule has 156 valence electrons. The summed E-state index contributed by atoms with van der Waals surface area (Å²) in [7, 11) is 0. The summed E-state index contributed by atoms with van der Waals surface area (Å²) in [6.45, 7) is 0. The molecule has 2 heterocycles. The molecule has 0 spiro atoms. The number of para-hydroxylation sites is 4. The molecule has 2 aromatic heterocycles. The fraction of sp³-hybridized carbons (Fsp3) is 0. The van der Waals surface area contributed by atoms with E-state index in [0.29, 0.717) is 0 Å². The van der Waals surface area contributed by atoms with Gasteiger partial charge < -0.3 is 9.55 Å². The number of hydrogen-bond acceptors (Lipinski definition) is 0. The Balaban J connectivity index is 1.56. The van der Waals surface area contributed by atoms with E-state index in [1.54, 1.807) is 0 Å². The molecular formula is C30H19BrN2. The van der Waals surface area contributed by atoms with Crippen molar-refractivity contribution in [2.45, 2.75) is 0 Å². The van der Waals surface area contributed by atoms with Crippen molar-refractivity contribution in [1.29, 1.82) is 0 Å². The van der Waals surface area contributed by atoms with E-state index in [2.05, 4.69) is 135 Å². The van der Waals surface area contributed by atoms with Crippen LogP contribution in [0.4, 0.5) is 0 Å². The molecular weight excluding hydrogens is 468 g/mol. The number of hydrogen-bond donors (Lipinski definition) is 1. The average Bonchev–Trinajstić information content (AvgIpc) is 3.41. The highest BCUT2D eigenvalue weighted by atomic mass is 79.9. The van der Waals surface area contributed by atoms with Gasteiger partial charge in [0.05, 0.1) is 22.1 Å². The zero-order chi connectivity index (χ0) is 21.9. The van der Waals surface area contributed by atoms with Crippen LogP contribution in [0.1, 0.15) is 0 Å². The molecule has 0 radical (unpaired) electrons. The van der Waals surface area contributed by atoms with Crippen molar-refractivity contribution in [3.8, 4) is 16.8 Å². The standard InChI is InChI=1S/C30H19BrN2/c31-26-14-7-13-25-24-12-6-11-21(29(24)32-30(25)26)19-16-17-23-22-10-4-5-15-27(22)33(28(23)18-19)20-8-2-1-3-9-20/h1-18,32H. The number of halogens is 1. The van der Waals surface area contributed by atoms with Crippen LogP contribution in [0.25, 0.3) is 60.4 Å². The first-order valence-electron chi connectivity index (χ1n) is 11.1. The molecule has 0 atom stereocenters. The lowest BCUT2D eigenvalue weighted by molar-refractivity contribution is 1.18. The third kappa shape index (κ3) is 2.73. The van der Waals surface area contributed by atoms with Crippen LogP contribution in [0.2, 0.25) is 0 Å². The van der Waals surface area contributed by atoms with Gasteiger partial charge in [-0.1, -0.05) is 78.9 Å². The number of rotatable bonds is 2. The van der Waals surface area contributed by atoms with Crippen molar-refractivity contribution in [2.75, 3.05) is 0 Å². The maximum absolute atomic E-state index is 3.71. The third-order valence-electron chi connectivity index (χ3n) is 6.62. The maximum Gasteiger partial charge on any atom is 0.0609 e. The second-order valence-electron chi connectivity index (χ2n) is 8.44. The number of H-pyrrole nitrogens is 1. The molecule has 2 nitrogen and oxygen atoms in total. The highest BCUT2D eigenvalue weighted by Crippen LogP contribution is 2.38. The quantitative estimate of drug-likeness (QED) is 0.252. The molecule has 0 bridgehead atoms. The molecule has 1 N–H and O–H groups in total. The minimum Gasteiger partial charge on any atom is -0.353 e. The number of nitrogens with zero attached hydrogens (tertiary/aromatic N) is 1. The Hall–Kier alpha value is -3.82. The highest BCUT2D eigenvalue weighted by molar-refractivity contribution is 9.10. The Morgan fingerprint density at radius 1 is 0.545 bits per heavy atom. The number of aromatic amines is 1. The average molecular weight is 487 g/mol. The summed E-state index contributed by atoms with van der Waals surface area (Å²) in [4.78, 5) is 3.68. The minimum absolute atomic E-state index is 1.09. The van der Waals surface area contributed by atoms with Gasteiger partial charge in [0, 0.05) is 37.3 Å². The van der Waals surface area contributed by atoms with Gasteiger partial charge in [0.25, 0.3) is 0 Å². The number of aromatic nitrogens is 2. The molecule has 0 aliphatic carbocycles. The first-order valence-corrected chi connectivity index (χ1v) is 11.9. The largest absolute Gasteiger partial charge is 0.353 e. The van der Waals surface area contributed by atoms with Gasteiger partial charge in [-0.15, -0.1) is 0 Å². The summed E-state index contributed by atoms with van der Waals surface area (Å²) in [6, 6.07) is 39.0. The van der Waals surface area contributed by atoms with Crippen LogP contribution in [0.15, 0.2) is 114 Å². The van der Waals surface area contributed by atoms with E-state index < -0.39 is 0 Å². The summed E-state index contributed by atoms with van der Waals surface area (Å²) in [6.07, 6.45) is 0. The molecule has 33 heavy (non-hydrogen) atoms. The lowest BCUT2D eigenvalue weighted by atomic mass is 10.0. The zero-order valence-corrected chi connectivity index (χ0v) is 19.3. The lowest BCUT2D eigenvalue weighted by Gasteiger charge is -2.09. The molecule has 0 aliphatic rings. The molecule has 0 aliphatic heterocycles. The molecule has 0 saturated heterocycles. The van der Waals surface area contributed by atoms with Crippen LogP contribution in [-0.2, 0) is 0 Å². The van der Waals surface area contributed by atoms with Gasteiger partial charge in [0.2, 0.25) is 0 Å². The van der Waals surface area contributed by atoms with Crippen molar-refractivity contribution in [3.05, 3.63) is 114 Å². The fourth-order valence-electron chi connectivity index (χ4n) is 5.15. The van der Waals surface area contributed by atoms with E-state index >= 15 is 0 Å². The smallest absolute Gasteiger partial charge is 0.0609 e. The normalized spacial score (nSPS) is 11.8. The van der Waals surface area contributed by atoms with Crippen LogP contribution in [0.3, 0.4) is 0 Å². The monoisotopic (exact) mass is 486 g/mol. The van der Waals surface area contributed by atoms with E-state index in [9.17, 15) is 0 Å². The lowest BCUT2D eigenvalue weighted by Crippen LogP contribution is -1.93. The van der Waals surface area contributed by atoms with Crippen LogP contribution < -0.4 is 0 Å². The first-order chi connectivity index (χ1) is 16.3. The van der Waals surface area contributed by atoms with Crippen LogP contribution in [-0.4, -0.2) is 9.55 Å². The molecule has 0 saturated carbocycles. The van der Waals surface area contributed by atoms with Gasteiger partial charge in [-0.2, -0.15) is 0 Å². The summed E-state index contributed by atoms with van der Waals surface area (Å²) in [5.41, 5.74) is 8.34. The molecule has 0 fully saturated rings. The molecule has 0 unspecified atom stereocenters. The fourth-order valence-corrected chi connectivity index (χ4v) is 5.61. The Kier molecular flexibility index (Phi) is 4.02. The van der Waals surface area contributed by atoms with Crippen molar-refractivity contribution in [3.63, 3.8) is 0 Å². The SMILES string of the molecule is Brc1cccc2c1[nH]c1c(-c3ccc4c5ccccc5n(-c5ccccc5)c4c3)cccc12. The topological polar surface area (TPSA) is 20.7 Å². The minimum atomic E-state index is 1.09. The van der Waals surface area contributed by atoms with Crippen LogP contribution >= 0.6 is 15.9 Å². The Bertz CT molecular complexity index is 1820. The summed E-state index contributed by atoms with van der Waals surface area (Å²) < 4.78 is 3.46. The van der Waals surface area contributed by atoms with Gasteiger partial charge in [-0.05, 0) is 51.8 Å². The molecule has 5 aromatic carbocycles. The second-order valence-corrected chi connectivity index (χ2v) is 9.29. The molecule has 7 aromatic rings. The van der Waals surface area contributed by atoms with Gasteiger partial charge in [0.1, 0.15) is 0 Å². The third-order valence-corrected chi connectivity index (χ3v) is 7.28. The molecule has 0 amide bonds. The van der Waals surface area contributed by atoms with Crippen LogP contribution in [0.5, 0.6) is 0 Å². The van der Waals surface area contributed by atoms with Gasteiger partial charge >= 0.3 is 0 Å². The van der Waals surface area contributed by atoms with E-state index in [4.69, 9.17) is 0 Å². The van der Waals surface area contributed by atoms with Gasteiger partial charge in [-0.3, -0.25) is 0 Å².